The molecular weight excluding hydrogens is 472 g/mol. The molecule has 0 bridgehead atoms. The molecule has 2 aromatic rings. The third kappa shape index (κ3) is 6.18. The molecule has 1 aliphatic heterocycles. The van der Waals surface area contributed by atoms with Crippen molar-refractivity contribution in [3.63, 3.8) is 0 Å². The van der Waals surface area contributed by atoms with E-state index in [2.05, 4.69) is 20.2 Å². The van der Waals surface area contributed by atoms with Gasteiger partial charge in [0.15, 0.2) is 0 Å². The van der Waals surface area contributed by atoms with Crippen LogP contribution in [0.25, 0.3) is 0 Å². The summed E-state index contributed by atoms with van der Waals surface area (Å²) < 4.78 is 10.2. The Morgan fingerprint density at radius 3 is 2.41 bits per heavy atom. The fourth-order valence-corrected chi connectivity index (χ4v) is 4.62. The van der Waals surface area contributed by atoms with Crippen LogP contribution in [0.5, 0.6) is 0 Å². The average molecular weight is 513 g/mol. The maximum absolute atomic E-state index is 13.6. The molecule has 3 rings (SSSR count). The van der Waals surface area contributed by atoms with E-state index in [0.29, 0.717) is 48.9 Å². The summed E-state index contributed by atoms with van der Waals surface area (Å²) in [6.45, 7) is 16.1. The lowest BCUT2D eigenvalue weighted by atomic mass is 9.97. The molecular formula is C27H40N6O4. The van der Waals surface area contributed by atoms with Crippen LogP contribution in [0.4, 0.5) is 11.6 Å². The third-order valence-corrected chi connectivity index (χ3v) is 6.77. The first-order valence-electron chi connectivity index (χ1n) is 12.7. The minimum absolute atomic E-state index is 0.0268. The van der Waals surface area contributed by atoms with E-state index in [4.69, 9.17) is 14.5 Å². The number of aryl methyl sites for hydroxylation is 2. The number of hydrogen-bond donors (Lipinski definition) is 1. The number of nitrogens with one attached hydrogen (secondary N) is 1. The van der Waals surface area contributed by atoms with Gasteiger partial charge in [-0.1, -0.05) is 13.8 Å². The lowest BCUT2D eigenvalue weighted by Crippen LogP contribution is -2.61. The molecule has 1 amide bonds. The number of amides is 1. The van der Waals surface area contributed by atoms with Crippen LogP contribution in [0.3, 0.4) is 0 Å². The minimum atomic E-state index is -0.482. The standard InChI is InChI=1S/C27H40N6O4/c1-16(2)23-24(28-13-18(4)36-8)29-14-20(31-23)25(34)33-11-10-32(15-27(33,6)7)21-12-17(3)22(19(5)30-21)26(35)37-9/h12,14,16,18H,10-11,13,15H2,1-9H3,(H,28,29). The van der Waals surface area contributed by atoms with Crippen molar-refractivity contribution in [2.45, 2.75) is 66.0 Å². The van der Waals surface area contributed by atoms with Crippen molar-refractivity contribution in [1.82, 2.24) is 19.9 Å². The molecule has 2 aromatic heterocycles. The number of carbonyl (C=O) groups excluding carboxylic acids is 2. The number of pyridine rings is 1. The predicted molar refractivity (Wildman–Crippen MR) is 143 cm³/mol. The summed E-state index contributed by atoms with van der Waals surface area (Å²) in [4.78, 5) is 43.7. The van der Waals surface area contributed by atoms with E-state index in [-0.39, 0.29) is 23.9 Å². The number of carbonyl (C=O) groups is 2. The van der Waals surface area contributed by atoms with E-state index in [1.54, 1.807) is 13.3 Å². The van der Waals surface area contributed by atoms with Gasteiger partial charge in [-0.05, 0) is 52.2 Å². The number of esters is 1. The van der Waals surface area contributed by atoms with Crippen LogP contribution in [0, 0.1) is 13.8 Å². The molecule has 3 heterocycles. The van der Waals surface area contributed by atoms with Crippen LogP contribution in [-0.4, -0.2) is 83.8 Å². The normalized spacial score (nSPS) is 16.1. The average Bonchev–Trinajstić information content (AvgIpc) is 2.85. The zero-order chi connectivity index (χ0) is 27.5. The van der Waals surface area contributed by atoms with Gasteiger partial charge in [-0.2, -0.15) is 0 Å². The van der Waals surface area contributed by atoms with E-state index in [1.165, 1.54) is 7.11 Å². The van der Waals surface area contributed by atoms with Crippen LogP contribution in [0.1, 0.15) is 78.3 Å². The van der Waals surface area contributed by atoms with Gasteiger partial charge in [0.25, 0.3) is 5.91 Å². The Kier molecular flexibility index (Phi) is 8.73. The second-order valence-electron chi connectivity index (χ2n) is 10.5. The number of anilines is 2. The van der Waals surface area contributed by atoms with E-state index in [0.717, 1.165) is 17.1 Å². The first-order chi connectivity index (χ1) is 17.4. The molecule has 0 aromatic carbocycles. The van der Waals surface area contributed by atoms with Gasteiger partial charge < -0.3 is 24.6 Å². The number of methoxy groups -OCH3 is 2. The van der Waals surface area contributed by atoms with Crippen LogP contribution in [-0.2, 0) is 9.47 Å². The molecule has 10 nitrogen and oxygen atoms in total. The van der Waals surface area contributed by atoms with Gasteiger partial charge in [-0.25, -0.2) is 19.7 Å². The molecule has 1 N–H and O–H groups in total. The first-order valence-corrected chi connectivity index (χ1v) is 12.7. The lowest BCUT2D eigenvalue weighted by Gasteiger charge is -2.47. The smallest absolute Gasteiger partial charge is 0.339 e. The summed E-state index contributed by atoms with van der Waals surface area (Å²) in [6.07, 6.45) is 1.58. The Morgan fingerprint density at radius 1 is 1.14 bits per heavy atom. The fourth-order valence-electron chi connectivity index (χ4n) is 4.62. The molecule has 1 fully saturated rings. The highest BCUT2D eigenvalue weighted by molar-refractivity contribution is 5.93. The molecule has 0 aliphatic carbocycles. The van der Waals surface area contributed by atoms with Gasteiger partial charge in [0.1, 0.15) is 17.3 Å². The van der Waals surface area contributed by atoms with Crippen molar-refractivity contribution < 1.29 is 19.1 Å². The second kappa shape index (κ2) is 11.4. The molecule has 0 spiro atoms. The molecule has 0 saturated carbocycles. The van der Waals surface area contributed by atoms with Crippen molar-refractivity contribution in [2.75, 3.05) is 50.6 Å². The van der Waals surface area contributed by atoms with Crippen molar-refractivity contribution >= 4 is 23.5 Å². The topological polar surface area (TPSA) is 110 Å². The minimum Gasteiger partial charge on any atom is -0.465 e. The summed E-state index contributed by atoms with van der Waals surface area (Å²) in [6, 6.07) is 1.91. The quantitative estimate of drug-likeness (QED) is 0.531. The largest absolute Gasteiger partial charge is 0.465 e. The third-order valence-electron chi connectivity index (χ3n) is 6.77. The molecule has 1 aliphatic rings. The van der Waals surface area contributed by atoms with E-state index >= 15 is 0 Å². The van der Waals surface area contributed by atoms with Crippen LogP contribution >= 0.6 is 0 Å². The Labute approximate surface area is 219 Å². The van der Waals surface area contributed by atoms with Crippen molar-refractivity contribution in [2.24, 2.45) is 0 Å². The van der Waals surface area contributed by atoms with Gasteiger partial charge in [0.2, 0.25) is 0 Å². The number of piperazine rings is 1. The Hall–Kier alpha value is -3.27. The van der Waals surface area contributed by atoms with Crippen molar-refractivity contribution in [1.29, 1.82) is 0 Å². The zero-order valence-electron chi connectivity index (χ0n) is 23.5. The summed E-state index contributed by atoms with van der Waals surface area (Å²) in [5.41, 5.74) is 2.55. The Balaban J connectivity index is 1.81. The van der Waals surface area contributed by atoms with Crippen molar-refractivity contribution in [3.05, 3.63) is 40.5 Å². The molecule has 1 unspecified atom stereocenters. The van der Waals surface area contributed by atoms with Gasteiger partial charge >= 0.3 is 5.97 Å². The van der Waals surface area contributed by atoms with Gasteiger partial charge in [-0.3, -0.25) is 4.79 Å². The molecule has 1 saturated heterocycles. The first kappa shape index (κ1) is 28.3. The molecule has 1 atom stereocenters. The summed E-state index contributed by atoms with van der Waals surface area (Å²) in [5, 5.41) is 3.29. The number of hydrogen-bond acceptors (Lipinski definition) is 9. The van der Waals surface area contributed by atoms with E-state index in [9.17, 15) is 9.59 Å². The highest BCUT2D eigenvalue weighted by Gasteiger charge is 2.38. The maximum atomic E-state index is 13.6. The van der Waals surface area contributed by atoms with Crippen LogP contribution < -0.4 is 10.2 Å². The summed E-state index contributed by atoms with van der Waals surface area (Å²) in [5.74, 6) is 1.02. The Morgan fingerprint density at radius 2 is 1.84 bits per heavy atom. The number of rotatable bonds is 8. The maximum Gasteiger partial charge on any atom is 0.339 e. The van der Waals surface area contributed by atoms with Crippen LogP contribution in [0.2, 0.25) is 0 Å². The van der Waals surface area contributed by atoms with E-state index < -0.39 is 5.54 Å². The number of ether oxygens (including phenoxy) is 2. The molecule has 10 heteroatoms. The molecule has 202 valence electrons. The highest BCUT2D eigenvalue weighted by Crippen LogP contribution is 2.29. The summed E-state index contributed by atoms with van der Waals surface area (Å²) >= 11 is 0. The number of nitrogens with zero attached hydrogens (tertiary/aromatic N) is 5. The Bertz CT molecular complexity index is 1130. The molecule has 37 heavy (non-hydrogen) atoms. The lowest BCUT2D eigenvalue weighted by molar-refractivity contribution is 0.0505. The SMILES string of the molecule is COC(=O)c1c(C)cc(N2CCN(C(=O)c3cnc(NCC(C)OC)c(C(C)C)n3)C(C)(C)C2)nc1C. The number of aromatic nitrogens is 3. The van der Waals surface area contributed by atoms with Crippen molar-refractivity contribution in [3.8, 4) is 0 Å². The van der Waals surface area contributed by atoms with Crippen LogP contribution in [0.15, 0.2) is 12.3 Å². The second-order valence-corrected chi connectivity index (χ2v) is 10.5. The van der Waals surface area contributed by atoms with E-state index in [1.807, 2.05) is 59.4 Å². The molecule has 0 radical (unpaired) electrons. The van der Waals surface area contributed by atoms with Gasteiger partial charge in [0, 0.05) is 33.3 Å². The zero-order valence-corrected chi connectivity index (χ0v) is 23.5. The monoisotopic (exact) mass is 512 g/mol. The summed E-state index contributed by atoms with van der Waals surface area (Å²) in [7, 11) is 3.04. The predicted octanol–water partition coefficient (Wildman–Crippen LogP) is 3.59. The fraction of sp³-hybridized carbons (Fsp3) is 0.593. The highest BCUT2D eigenvalue weighted by atomic mass is 16.5. The van der Waals surface area contributed by atoms with Gasteiger partial charge in [-0.15, -0.1) is 0 Å². The van der Waals surface area contributed by atoms with Gasteiger partial charge in [0.05, 0.1) is 41.9 Å².